The molecule has 0 aromatic carbocycles. The van der Waals surface area contributed by atoms with Gasteiger partial charge in [0.25, 0.3) is 0 Å². The molecule has 1 rings (SSSR count). The standard InChI is InChI=1S/C12H19N/c1-5-11-7-12(11)10(4)8(2)6-9(3)13/h5,7,9,12H,1,6,13H2,2-4H3/b10-8-/t9-,12-/m0/s1. The Morgan fingerprint density at radius 1 is 1.69 bits per heavy atom. The molecule has 0 aromatic heterocycles. The quantitative estimate of drug-likeness (QED) is 0.656. The number of hydrogen-bond donors (Lipinski definition) is 1. The van der Waals surface area contributed by atoms with E-state index in [9.17, 15) is 0 Å². The van der Waals surface area contributed by atoms with Crippen LogP contribution < -0.4 is 5.73 Å². The summed E-state index contributed by atoms with van der Waals surface area (Å²) in [4.78, 5) is 0. The zero-order valence-electron chi connectivity index (χ0n) is 8.80. The van der Waals surface area contributed by atoms with Crippen LogP contribution in [0.1, 0.15) is 27.2 Å². The van der Waals surface area contributed by atoms with E-state index < -0.39 is 0 Å². The van der Waals surface area contributed by atoms with E-state index in [1.807, 2.05) is 13.0 Å². The molecule has 0 heterocycles. The molecule has 0 fully saturated rings. The topological polar surface area (TPSA) is 26.0 Å². The third kappa shape index (κ3) is 2.56. The molecule has 0 saturated heterocycles. The molecular formula is C12H19N. The molecular weight excluding hydrogens is 158 g/mol. The van der Waals surface area contributed by atoms with Crippen molar-refractivity contribution in [3.05, 3.63) is 35.5 Å². The largest absolute Gasteiger partial charge is 0.328 e. The van der Waals surface area contributed by atoms with Gasteiger partial charge in [0.1, 0.15) is 0 Å². The van der Waals surface area contributed by atoms with Crippen LogP contribution in [0.4, 0.5) is 0 Å². The Balaban J connectivity index is 2.55. The van der Waals surface area contributed by atoms with Crippen molar-refractivity contribution in [2.24, 2.45) is 11.7 Å². The van der Waals surface area contributed by atoms with Gasteiger partial charge in [0, 0.05) is 12.0 Å². The Bertz CT molecular complexity index is 269. The minimum absolute atomic E-state index is 0.265. The molecule has 0 bridgehead atoms. The molecule has 2 N–H and O–H groups in total. The third-order valence-electron chi connectivity index (χ3n) is 2.61. The Labute approximate surface area is 81.0 Å². The van der Waals surface area contributed by atoms with Gasteiger partial charge in [-0.15, -0.1) is 0 Å². The molecule has 0 amide bonds. The maximum Gasteiger partial charge on any atom is 0.0231 e. The lowest BCUT2D eigenvalue weighted by Gasteiger charge is -2.10. The first-order chi connectivity index (χ1) is 6.06. The van der Waals surface area contributed by atoms with Gasteiger partial charge in [-0.05, 0) is 32.8 Å². The predicted octanol–water partition coefficient (Wildman–Crippen LogP) is 2.80. The van der Waals surface area contributed by atoms with Crippen molar-refractivity contribution in [1.82, 2.24) is 0 Å². The summed E-state index contributed by atoms with van der Waals surface area (Å²) in [6.07, 6.45) is 5.18. The molecule has 0 aromatic rings. The normalized spacial score (nSPS) is 24.6. The predicted molar refractivity (Wildman–Crippen MR) is 58.4 cm³/mol. The van der Waals surface area contributed by atoms with E-state index >= 15 is 0 Å². The minimum atomic E-state index is 0.265. The third-order valence-corrected chi connectivity index (χ3v) is 2.61. The van der Waals surface area contributed by atoms with Crippen molar-refractivity contribution in [3.63, 3.8) is 0 Å². The summed E-state index contributed by atoms with van der Waals surface area (Å²) in [5.41, 5.74) is 9.99. The monoisotopic (exact) mass is 177 g/mol. The summed E-state index contributed by atoms with van der Waals surface area (Å²) < 4.78 is 0. The summed E-state index contributed by atoms with van der Waals surface area (Å²) >= 11 is 0. The second-order valence-electron chi connectivity index (χ2n) is 3.99. The van der Waals surface area contributed by atoms with Gasteiger partial charge < -0.3 is 5.73 Å². The van der Waals surface area contributed by atoms with Gasteiger partial charge in [0.2, 0.25) is 0 Å². The van der Waals surface area contributed by atoms with Gasteiger partial charge in [-0.25, -0.2) is 0 Å². The highest BCUT2D eigenvalue weighted by Gasteiger charge is 2.24. The molecule has 1 aliphatic rings. The molecule has 72 valence electrons. The van der Waals surface area contributed by atoms with Crippen molar-refractivity contribution < 1.29 is 0 Å². The van der Waals surface area contributed by atoms with Crippen LogP contribution in [0.5, 0.6) is 0 Å². The fourth-order valence-electron chi connectivity index (χ4n) is 1.62. The molecule has 0 unspecified atom stereocenters. The molecule has 0 radical (unpaired) electrons. The van der Waals surface area contributed by atoms with Crippen LogP contribution in [0.2, 0.25) is 0 Å². The molecule has 13 heavy (non-hydrogen) atoms. The highest BCUT2D eigenvalue weighted by atomic mass is 14.6. The average Bonchev–Trinajstić information content (AvgIpc) is 2.80. The Morgan fingerprint density at radius 3 is 2.69 bits per heavy atom. The van der Waals surface area contributed by atoms with E-state index in [0.717, 1.165) is 6.42 Å². The van der Waals surface area contributed by atoms with Crippen LogP contribution in [-0.4, -0.2) is 6.04 Å². The lowest BCUT2D eigenvalue weighted by atomic mass is 9.99. The van der Waals surface area contributed by atoms with E-state index in [-0.39, 0.29) is 6.04 Å². The van der Waals surface area contributed by atoms with Crippen LogP contribution in [0.3, 0.4) is 0 Å². The molecule has 0 saturated carbocycles. The lowest BCUT2D eigenvalue weighted by molar-refractivity contribution is 0.720. The number of nitrogens with two attached hydrogens (primary N) is 1. The van der Waals surface area contributed by atoms with Crippen LogP contribution in [0.25, 0.3) is 0 Å². The summed E-state index contributed by atoms with van der Waals surface area (Å²) in [5, 5.41) is 0. The number of hydrogen-bond acceptors (Lipinski definition) is 1. The highest BCUT2D eigenvalue weighted by molar-refractivity contribution is 5.47. The first kappa shape index (κ1) is 10.3. The molecule has 1 nitrogen and oxygen atoms in total. The number of allylic oxidation sites excluding steroid dienone is 4. The smallest absolute Gasteiger partial charge is 0.0231 e. The van der Waals surface area contributed by atoms with Gasteiger partial charge in [-0.3, -0.25) is 0 Å². The van der Waals surface area contributed by atoms with Gasteiger partial charge in [-0.1, -0.05) is 29.9 Å². The van der Waals surface area contributed by atoms with Crippen molar-refractivity contribution in [1.29, 1.82) is 0 Å². The SMILES string of the molecule is C=CC1=C[C@H]1/C(C)=C(/C)C[C@H](C)N. The summed E-state index contributed by atoms with van der Waals surface area (Å²) in [6, 6.07) is 0.265. The zero-order valence-corrected chi connectivity index (χ0v) is 8.80. The molecule has 0 spiro atoms. The highest BCUT2D eigenvalue weighted by Crippen LogP contribution is 2.37. The first-order valence-electron chi connectivity index (χ1n) is 4.82. The second kappa shape index (κ2) is 3.93. The second-order valence-corrected chi connectivity index (χ2v) is 3.99. The fourth-order valence-corrected chi connectivity index (χ4v) is 1.62. The Kier molecular flexibility index (Phi) is 3.10. The maximum atomic E-state index is 5.75. The van der Waals surface area contributed by atoms with Gasteiger partial charge in [-0.2, -0.15) is 0 Å². The van der Waals surface area contributed by atoms with Gasteiger partial charge in [0.15, 0.2) is 0 Å². The molecule has 2 atom stereocenters. The first-order valence-corrected chi connectivity index (χ1v) is 4.82. The van der Waals surface area contributed by atoms with Crippen molar-refractivity contribution >= 4 is 0 Å². The minimum Gasteiger partial charge on any atom is -0.328 e. The van der Waals surface area contributed by atoms with Gasteiger partial charge >= 0.3 is 0 Å². The summed E-state index contributed by atoms with van der Waals surface area (Å²) in [6.45, 7) is 10.2. The molecule has 1 aliphatic carbocycles. The van der Waals surface area contributed by atoms with Crippen LogP contribution in [0.15, 0.2) is 35.5 Å². The summed E-state index contributed by atoms with van der Waals surface area (Å²) in [7, 11) is 0. The fraction of sp³-hybridized carbons (Fsp3) is 0.500. The maximum absolute atomic E-state index is 5.75. The number of rotatable bonds is 4. The summed E-state index contributed by atoms with van der Waals surface area (Å²) in [5.74, 6) is 0.566. The lowest BCUT2D eigenvalue weighted by Crippen LogP contribution is -2.15. The van der Waals surface area contributed by atoms with E-state index in [4.69, 9.17) is 5.73 Å². The molecule has 1 heteroatoms. The van der Waals surface area contributed by atoms with Crippen molar-refractivity contribution in [2.75, 3.05) is 0 Å². The van der Waals surface area contributed by atoms with E-state index in [2.05, 4.69) is 26.5 Å². The van der Waals surface area contributed by atoms with Crippen LogP contribution in [-0.2, 0) is 0 Å². The molecule has 0 aliphatic heterocycles. The zero-order chi connectivity index (χ0) is 10.0. The van der Waals surface area contributed by atoms with E-state index in [1.165, 1.54) is 16.7 Å². The average molecular weight is 177 g/mol. The van der Waals surface area contributed by atoms with E-state index in [0.29, 0.717) is 5.92 Å². The Morgan fingerprint density at radius 2 is 2.31 bits per heavy atom. The van der Waals surface area contributed by atoms with Crippen molar-refractivity contribution in [2.45, 2.75) is 33.2 Å². The Hall–Kier alpha value is -0.820. The van der Waals surface area contributed by atoms with E-state index in [1.54, 1.807) is 0 Å². The van der Waals surface area contributed by atoms with Crippen LogP contribution in [0, 0.1) is 5.92 Å². The van der Waals surface area contributed by atoms with Crippen molar-refractivity contribution in [3.8, 4) is 0 Å². The van der Waals surface area contributed by atoms with Gasteiger partial charge in [0.05, 0.1) is 0 Å². The van der Waals surface area contributed by atoms with Crippen LogP contribution >= 0.6 is 0 Å².